The maximum Gasteiger partial charge on any atom is 0.224 e. The summed E-state index contributed by atoms with van der Waals surface area (Å²) >= 11 is 0. The van der Waals surface area contributed by atoms with Crippen LogP contribution in [0.1, 0.15) is 38.2 Å². The molecule has 1 aliphatic carbocycles. The maximum atomic E-state index is 11.9. The highest BCUT2D eigenvalue weighted by atomic mass is 16.3. The van der Waals surface area contributed by atoms with Crippen molar-refractivity contribution in [1.82, 2.24) is 5.32 Å². The highest BCUT2D eigenvalue weighted by Gasteiger charge is 2.29. The summed E-state index contributed by atoms with van der Waals surface area (Å²) in [6, 6.07) is 6.86. The Morgan fingerprint density at radius 1 is 1.41 bits per heavy atom. The Morgan fingerprint density at radius 2 is 2.12 bits per heavy atom. The van der Waals surface area contributed by atoms with Crippen LogP contribution in [0.3, 0.4) is 0 Å². The number of hydrogen-bond donors (Lipinski definition) is 2. The van der Waals surface area contributed by atoms with Crippen molar-refractivity contribution in [3.8, 4) is 5.75 Å². The average Bonchev–Trinajstić information content (AvgIpc) is 2.64. The zero-order chi connectivity index (χ0) is 12.3. The smallest absolute Gasteiger partial charge is 0.224 e. The Bertz CT molecular complexity index is 408. The van der Waals surface area contributed by atoms with Crippen LogP contribution in [0, 0.1) is 0 Å². The molecule has 17 heavy (non-hydrogen) atoms. The molecular formula is C14H19NO2. The molecule has 2 rings (SSSR count). The summed E-state index contributed by atoms with van der Waals surface area (Å²) in [7, 11) is 0. The van der Waals surface area contributed by atoms with Gasteiger partial charge >= 0.3 is 0 Å². The van der Waals surface area contributed by atoms with Crippen LogP contribution in [0.4, 0.5) is 0 Å². The van der Waals surface area contributed by atoms with E-state index >= 15 is 0 Å². The molecule has 1 aromatic rings. The quantitative estimate of drug-likeness (QED) is 0.842. The number of hydrogen-bond acceptors (Lipinski definition) is 2. The fourth-order valence-corrected chi connectivity index (χ4v) is 2.51. The average molecular weight is 233 g/mol. The fraction of sp³-hybridized carbons (Fsp3) is 0.500. The van der Waals surface area contributed by atoms with Gasteiger partial charge in [-0.15, -0.1) is 0 Å². The Balaban J connectivity index is 1.93. The van der Waals surface area contributed by atoms with Crippen molar-refractivity contribution in [2.75, 3.05) is 0 Å². The molecule has 0 atom stereocenters. The number of phenolic OH excluding ortho intramolecular Hbond substituents is 1. The Hall–Kier alpha value is -1.51. The van der Waals surface area contributed by atoms with Crippen molar-refractivity contribution in [2.45, 2.75) is 44.6 Å². The molecule has 3 nitrogen and oxygen atoms in total. The lowest BCUT2D eigenvalue weighted by Crippen LogP contribution is -2.44. The number of nitrogens with one attached hydrogen (secondary N) is 1. The molecule has 1 amide bonds. The van der Waals surface area contributed by atoms with Gasteiger partial charge in [0.2, 0.25) is 5.91 Å². The molecule has 1 aliphatic rings. The molecule has 0 saturated heterocycles. The first-order chi connectivity index (χ1) is 8.07. The van der Waals surface area contributed by atoms with Gasteiger partial charge in [0.05, 0.1) is 6.42 Å². The van der Waals surface area contributed by atoms with Gasteiger partial charge in [0.15, 0.2) is 0 Å². The van der Waals surface area contributed by atoms with Crippen LogP contribution in [0.15, 0.2) is 24.3 Å². The number of phenols is 1. The van der Waals surface area contributed by atoms with Crippen molar-refractivity contribution in [3.05, 3.63) is 29.8 Å². The maximum absolute atomic E-state index is 11.9. The molecule has 1 fully saturated rings. The number of rotatable bonds is 3. The van der Waals surface area contributed by atoms with Gasteiger partial charge in [0.25, 0.3) is 0 Å². The standard InChI is InChI=1S/C14H19NO2/c1-14(7-2-3-8-14)15-13(17)10-11-5-4-6-12(16)9-11/h4-6,9,16H,2-3,7-8,10H2,1H3,(H,15,17). The van der Waals surface area contributed by atoms with Crippen molar-refractivity contribution < 1.29 is 9.90 Å². The minimum absolute atomic E-state index is 0.0199. The Kier molecular flexibility index (Phi) is 3.36. The van der Waals surface area contributed by atoms with E-state index in [1.807, 2.05) is 6.07 Å². The van der Waals surface area contributed by atoms with E-state index in [1.165, 1.54) is 12.8 Å². The molecular weight excluding hydrogens is 214 g/mol. The molecule has 0 heterocycles. The van der Waals surface area contributed by atoms with Crippen LogP contribution < -0.4 is 5.32 Å². The third-order valence-electron chi connectivity index (χ3n) is 3.42. The fourth-order valence-electron chi connectivity index (χ4n) is 2.51. The van der Waals surface area contributed by atoms with Crippen molar-refractivity contribution >= 4 is 5.91 Å². The Morgan fingerprint density at radius 3 is 2.76 bits per heavy atom. The van der Waals surface area contributed by atoms with Gasteiger partial charge < -0.3 is 10.4 Å². The molecule has 1 saturated carbocycles. The molecule has 0 spiro atoms. The predicted octanol–water partition coefficient (Wildman–Crippen LogP) is 2.38. The monoisotopic (exact) mass is 233 g/mol. The van der Waals surface area contributed by atoms with E-state index in [4.69, 9.17) is 0 Å². The SMILES string of the molecule is CC1(NC(=O)Cc2cccc(O)c2)CCCC1. The second-order valence-electron chi connectivity index (χ2n) is 5.16. The molecule has 0 aliphatic heterocycles. The molecule has 2 N–H and O–H groups in total. The van der Waals surface area contributed by atoms with E-state index in [-0.39, 0.29) is 17.2 Å². The van der Waals surface area contributed by atoms with Gasteiger partial charge in [-0.1, -0.05) is 25.0 Å². The molecule has 0 radical (unpaired) electrons. The molecule has 0 aromatic heterocycles. The summed E-state index contributed by atoms with van der Waals surface area (Å²) in [6.07, 6.45) is 4.87. The lowest BCUT2D eigenvalue weighted by atomic mass is 10.00. The topological polar surface area (TPSA) is 49.3 Å². The predicted molar refractivity (Wildman–Crippen MR) is 66.8 cm³/mol. The highest BCUT2D eigenvalue weighted by Crippen LogP contribution is 2.28. The van der Waals surface area contributed by atoms with E-state index in [1.54, 1.807) is 18.2 Å². The number of aromatic hydroxyl groups is 1. The first-order valence-corrected chi connectivity index (χ1v) is 6.16. The largest absolute Gasteiger partial charge is 0.508 e. The summed E-state index contributed by atoms with van der Waals surface area (Å²) in [5.74, 6) is 0.252. The van der Waals surface area contributed by atoms with Crippen LogP contribution in [-0.2, 0) is 11.2 Å². The van der Waals surface area contributed by atoms with Crippen LogP contribution >= 0.6 is 0 Å². The van der Waals surface area contributed by atoms with Gasteiger partial charge in [0, 0.05) is 5.54 Å². The van der Waals surface area contributed by atoms with E-state index < -0.39 is 0 Å². The van der Waals surface area contributed by atoms with Crippen LogP contribution in [-0.4, -0.2) is 16.6 Å². The highest BCUT2D eigenvalue weighted by molar-refractivity contribution is 5.79. The molecule has 3 heteroatoms. The lowest BCUT2D eigenvalue weighted by Gasteiger charge is -2.25. The van der Waals surface area contributed by atoms with Gasteiger partial charge in [-0.05, 0) is 37.5 Å². The zero-order valence-electron chi connectivity index (χ0n) is 10.2. The summed E-state index contributed by atoms with van der Waals surface area (Å²) in [4.78, 5) is 11.9. The second-order valence-corrected chi connectivity index (χ2v) is 5.16. The normalized spacial score (nSPS) is 17.9. The number of amides is 1. The number of benzene rings is 1. The molecule has 0 unspecified atom stereocenters. The molecule has 92 valence electrons. The van der Waals surface area contributed by atoms with E-state index in [2.05, 4.69) is 12.2 Å². The van der Waals surface area contributed by atoms with Crippen LogP contribution in [0.2, 0.25) is 0 Å². The Labute approximate surface area is 102 Å². The lowest BCUT2D eigenvalue weighted by molar-refractivity contribution is -0.122. The summed E-state index contributed by atoms with van der Waals surface area (Å²) in [6.45, 7) is 2.11. The minimum Gasteiger partial charge on any atom is -0.508 e. The summed E-state index contributed by atoms with van der Waals surface area (Å²) < 4.78 is 0. The second kappa shape index (κ2) is 4.78. The van der Waals surface area contributed by atoms with Crippen molar-refractivity contribution in [1.29, 1.82) is 0 Å². The van der Waals surface area contributed by atoms with E-state index in [9.17, 15) is 9.90 Å². The van der Waals surface area contributed by atoms with Crippen LogP contribution in [0.5, 0.6) is 5.75 Å². The number of carbonyl (C=O) groups excluding carboxylic acids is 1. The van der Waals surface area contributed by atoms with Gasteiger partial charge in [-0.3, -0.25) is 4.79 Å². The van der Waals surface area contributed by atoms with Crippen molar-refractivity contribution in [2.24, 2.45) is 0 Å². The van der Waals surface area contributed by atoms with Crippen LogP contribution in [0.25, 0.3) is 0 Å². The number of carbonyl (C=O) groups is 1. The third kappa shape index (κ3) is 3.22. The first kappa shape index (κ1) is 12.0. The first-order valence-electron chi connectivity index (χ1n) is 6.16. The summed E-state index contributed by atoms with van der Waals surface area (Å²) in [5.41, 5.74) is 0.831. The zero-order valence-corrected chi connectivity index (χ0v) is 10.2. The van der Waals surface area contributed by atoms with Gasteiger partial charge in [-0.25, -0.2) is 0 Å². The van der Waals surface area contributed by atoms with Crippen molar-refractivity contribution in [3.63, 3.8) is 0 Å². The third-order valence-corrected chi connectivity index (χ3v) is 3.42. The van der Waals surface area contributed by atoms with E-state index in [0.29, 0.717) is 6.42 Å². The molecule has 0 bridgehead atoms. The molecule has 1 aromatic carbocycles. The minimum atomic E-state index is -0.0199. The van der Waals surface area contributed by atoms with Gasteiger partial charge in [0.1, 0.15) is 5.75 Å². The van der Waals surface area contributed by atoms with E-state index in [0.717, 1.165) is 18.4 Å². The summed E-state index contributed by atoms with van der Waals surface area (Å²) in [5, 5.41) is 12.4. The van der Waals surface area contributed by atoms with Gasteiger partial charge in [-0.2, -0.15) is 0 Å².